The lowest BCUT2D eigenvalue weighted by Crippen LogP contribution is -2.39. The van der Waals surface area contributed by atoms with E-state index in [1.165, 1.54) is 12.8 Å². The van der Waals surface area contributed by atoms with Gasteiger partial charge in [-0.2, -0.15) is 11.8 Å². The zero-order valence-electron chi connectivity index (χ0n) is 9.53. The van der Waals surface area contributed by atoms with Gasteiger partial charge in [-0.15, -0.1) is 0 Å². The fourth-order valence-corrected chi connectivity index (χ4v) is 2.91. The number of nitrogens with two attached hydrogens (primary N) is 1. The highest BCUT2D eigenvalue weighted by Crippen LogP contribution is 2.39. The Morgan fingerprint density at radius 1 is 1.56 bits per heavy atom. The molecule has 1 rings (SSSR count). The minimum absolute atomic E-state index is 0.0407. The summed E-state index contributed by atoms with van der Waals surface area (Å²) in [7, 11) is 0. The third-order valence-electron chi connectivity index (χ3n) is 3.03. The normalized spacial score (nSPS) is 19.7. The number of nitrogens with one attached hydrogen (secondary N) is 1. The van der Waals surface area contributed by atoms with Crippen molar-refractivity contribution in [1.82, 2.24) is 5.32 Å². The maximum Gasteiger partial charge on any atom is 0.227 e. The first-order chi connectivity index (χ1) is 7.62. The van der Waals surface area contributed by atoms with Gasteiger partial charge >= 0.3 is 0 Å². The molecule has 0 aromatic carbocycles. The summed E-state index contributed by atoms with van der Waals surface area (Å²) in [4.78, 5) is 11.4. The van der Waals surface area contributed by atoms with Gasteiger partial charge in [0.1, 0.15) is 5.84 Å². The molecule has 1 amide bonds. The predicted molar refractivity (Wildman–Crippen MR) is 65.7 cm³/mol. The molecule has 0 radical (unpaired) electrons. The van der Waals surface area contributed by atoms with Crippen molar-refractivity contribution in [2.24, 2.45) is 10.9 Å². The summed E-state index contributed by atoms with van der Waals surface area (Å²) in [6.45, 7) is 0.672. The van der Waals surface area contributed by atoms with Gasteiger partial charge in [-0.25, -0.2) is 0 Å². The molecular formula is C10H19N3O2S. The minimum Gasteiger partial charge on any atom is -0.409 e. The van der Waals surface area contributed by atoms with Gasteiger partial charge in [0.25, 0.3) is 0 Å². The molecule has 0 bridgehead atoms. The molecule has 0 aliphatic heterocycles. The lowest BCUT2D eigenvalue weighted by molar-refractivity contribution is -0.120. The topological polar surface area (TPSA) is 87.7 Å². The molecule has 1 fully saturated rings. The van der Waals surface area contributed by atoms with Crippen LogP contribution in [0, 0.1) is 0 Å². The van der Waals surface area contributed by atoms with E-state index in [2.05, 4.69) is 16.7 Å². The molecule has 0 aromatic rings. The molecule has 0 unspecified atom stereocenters. The second kappa shape index (κ2) is 5.98. The van der Waals surface area contributed by atoms with E-state index >= 15 is 0 Å². The molecule has 5 nitrogen and oxygen atoms in total. The zero-order valence-corrected chi connectivity index (χ0v) is 10.3. The highest BCUT2D eigenvalue weighted by atomic mass is 32.2. The Bertz CT molecular complexity index is 275. The molecule has 1 saturated carbocycles. The Kier molecular flexibility index (Phi) is 4.92. The fraction of sp³-hybridized carbons (Fsp3) is 0.800. The van der Waals surface area contributed by atoms with Crippen LogP contribution in [-0.2, 0) is 4.79 Å². The van der Waals surface area contributed by atoms with E-state index in [4.69, 9.17) is 10.9 Å². The van der Waals surface area contributed by atoms with Crippen molar-refractivity contribution in [1.29, 1.82) is 0 Å². The molecule has 0 heterocycles. The number of rotatable bonds is 5. The summed E-state index contributed by atoms with van der Waals surface area (Å²) in [6.07, 6.45) is 6.81. The molecule has 6 heteroatoms. The van der Waals surface area contributed by atoms with Crippen LogP contribution in [0.15, 0.2) is 5.16 Å². The number of nitrogens with zero attached hydrogens (tertiary/aromatic N) is 1. The highest BCUT2D eigenvalue weighted by Gasteiger charge is 2.33. The van der Waals surface area contributed by atoms with Crippen LogP contribution in [0.1, 0.15) is 32.1 Å². The van der Waals surface area contributed by atoms with Crippen LogP contribution >= 0.6 is 11.8 Å². The second-order valence-corrected chi connectivity index (χ2v) is 5.41. The number of amidine groups is 1. The largest absolute Gasteiger partial charge is 0.409 e. The quantitative estimate of drug-likeness (QED) is 0.291. The molecule has 0 saturated heterocycles. The number of amides is 1. The van der Waals surface area contributed by atoms with E-state index in [0.717, 1.165) is 12.8 Å². The average Bonchev–Trinajstić information content (AvgIpc) is 2.75. The maximum absolute atomic E-state index is 11.4. The molecule has 16 heavy (non-hydrogen) atoms. The molecule has 1 aliphatic rings. The van der Waals surface area contributed by atoms with Gasteiger partial charge in [0.15, 0.2) is 0 Å². The molecular weight excluding hydrogens is 226 g/mol. The molecule has 0 spiro atoms. The Morgan fingerprint density at radius 2 is 2.19 bits per heavy atom. The predicted octanol–water partition coefficient (Wildman–Crippen LogP) is 0.915. The first-order valence-electron chi connectivity index (χ1n) is 5.40. The van der Waals surface area contributed by atoms with Gasteiger partial charge in [0, 0.05) is 11.3 Å². The first-order valence-corrected chi connectivity index (χ1v) is 6.62. The van der Waals surface area contributed by atoms with Crippen molar-refractivity contribution in [2.45, 2.75) is 36.9 Å². The summed E-state index contributed by atoms with van der Waals surface area (Å²) >= 11 is 1.82. The van der Waals surface area contributed by atoms with Gasteiger partial charge in [-0.1, -0.05) is 18.0 Å². The van der Waals surface area contributed by atoms with Crippen molar-refractivity contribution < 1.29 is 10.0 Å². The third-order valence-corrected chi connectivity index (χ3v) is 4.44. The number of carbonyl (C=O) groups excluding carboxylic acids is 1. The van der Waals surface area contributed by atoms with Crippen LogP contribution < -0.4 is 11.1 Å². The minimum atomic E-state index is -0.185. The lowest BCUT2D eigenvalue weighted by atomic mass is 10.1. The highest BCUT2D eigenvalue weighted by molar-refractivity contribution is 8.00. The monoisotopic (exact) mass is 245 g/mol. The van der Waals surface area contributed by atoms with Gasteiger partial charge in [-0.3, -0.25) is 4.79 Å². The number of thioether (sulfide) groups is 1. The van der Waals surface area contributed by atoms with Gasteiger partial charge in [0.05, 0.1) is 6.42 Å². The molecule has 4 N–H and O–H groups in total. The smallest absolute Gasteiger partial charge is 0.227 e. The first kappa shape index (κ1) is 13.2. The van der Waals surface area contributed by atoms with E-state index in [9.17, 15) is 4.79 Å². The van der Waals surface area contributed by atoms with Gasteiger partial charge in [-0.05, 0) is 19.1 Å². The molecule has 1 aliphatic carbocycles. The Hall–Kier alpha value is -0.910. The molecule has 92 valence electrons. The van der Waals surface area contributed by atoms with E-state index in [-0.39, 0.29) is 22.9 Å². The summed E-state index contributed by atoms with van der Waals surface area (Å²) in [5, 5.41) is 14.0. The van der Waals surface area contributed by atoms with Crippen LogP contribution in [-0.4, -0.2) is 34.5 Å². The maximum atomic E-state index is 11.4. The van der Waals surface area contributed by atoms with Gasteiger partial charge < -0.3 is 16.3 Å². The van der Waals surface area contributed by atoms with E-state index in [1.807, 2.05) is 11.8 Å². The fourth-order valence-electron chi connectivity index (χ4n) is 1.99. The number of hydrogen-bond donors (Lipinski definition) is 3. The Labute approximate surface area is 99.8 Å². The van der Waals surface area contributed by atoms with Crippen LogP contribution in [0.4, 0.5) is 0 Å². The molecule has 0 atom stereocenters. The van der Waals surface area contributed by atoms with Crippen LogP contribution in [0.3, 0.4) is 0 Å². The van der Waals surface area contributed by atoms with Crippen molar-refractivity contribution >= 4 is 23.5 Å². The lowest BCUT2D eigenvalue weighted by Gasteiger charge is -2.26. The summed E-state index contributed by atoms with van der Waals surface area (Å²) in [6, 6.07) is 0. The Morgan fingerprint density at radius 3 is 2.69 bits per heavy atom. The third kappa shape index (κ3) is 3.59. The Balaban J connectivity index is 2.35. The summed E-state index contributed by atoms with van der Waals surface area (Å²) in [5.74, 6) is -0.238. The van der Waals surface area contributed by atoms with E-state index < -0.39 is 0 Å². The van der Waals surface area contributed by atoms with Crippen LogP contribution in [0.2, 0.25) is 0 Å². The SMILES string of the molecule is CSC1(CNC(=O)CC(N)=NO)CCCC1. The zero-order chi connectivity index (χ0) is 12.0. The van der Waals surface area contributed by atoms with E-state index in [1.54, 1.807) is 0 Å². The van der Waals surface area contributed by atoms with Crippen molar-refractivity contribution in [2.75, 3.05) is 12.8 Å². The van der Waals surface area contributed by atoms with Crippen molar-refractivity contribution in [3.63, 3.8) is 0 Å². The van der Waals surface area contributed by atoms with Crippen LogP contribution in [0.5, 0.6) is 0 Å². The van der Waals surface area contributed by atoms with Gasteiger partial charge in [0.2, 0.25) is 5.91 Å². The van der Waals surface area contributed by atoms with Crippen LogP contribution in [0.25, 0.3) is 0 Å². The summed E-state index contributed by atoms with van der Waals surface area (Å²) in [5.41, 5.74) is 5.26. The summed E-state index contributed by atoms with van der Waals surface area (Å²) < 4.78 is 0.195. The average molecular weight is 245 g/mol. The number of hydrogen-bond acceptors (Lipinski definition) is 4. The van der Waals surface area contributed by atoms with E-state index in [0.29, 0.717) is 6.54 Å². The second-order valence-electron chi connectivity index (χ2n) is 4.14. The number of carbonyl (C=O) groups is 1. The van der Waals surface area contributed by atoms with Crippen molar-refractivity contribution in [3.8, 4) is 0 Å². The number of oxime groups is 1. The standard InChI is InChI=1S/C10H19N3O2S/c1-16-10(4-2-3-5-10)7-12-9(14)6-8(11)13-15/h15H,2-7H2,1H3,(H2,11,13)(H,12,14). The molecule has 0 aromatic heterocycles. The van der Waals surface area contributed by atoms with Crippen molar-refractivity contribution in [3.05, 3.63) is 0 Å².